The minimum atomic E-state index is -0.111. The highest BCUT2D eigenvalue weighted by Crippen LogP contribution is 2.22. The molecule has 3 rings (SSSR count). The van der Waals surface area contributed by atoms with Crippen molar-refractivity contribution >= 4 is 11.0 Å². The van der Waals surface area contributed by atoms with Gasteiger partial charge in [0.1, 0.15) is 0 Å². The average Bonchev–Trinajstić information content (AvgIpc) is 2.49. The number of benzene rings is 1. The van der Waals surface area contributed by atoms with Crippen LogP contribution in [-0.4, -0.2) is 15.0 Å². The predicted molar refractivity (Wildman–Crippen MR) is 72.9 cm³/mol. The molecule has 0 bridgehead atoms. The molecule has 3 aromatic rings. The monoisotopic (exact) mass is 251 g/mol. The van der Waals surface area contributed by atoms with Gasteiger partial charge in [0.2, 0.25) is 0 Å². The molecule has 0 spiro atoms. The van der Waals surface area contributed by atoms with E-state index in [0.717, 1.165) is 22.2 Å². The van der Waals surface area contributed by atoms with Gasteiger partial charge in [0.25, 0.3) is 0 Å². The Hall–Kier alpha value is -2.37. The van der Waals surface area contributed by atoms with Gasteiger partial charge in [0, 0.05) is 24.8 Å². The molecular formula is C14H13N5. The highest BCUT2D eigenvalue weighted by atomic mass is 15.2. The quantitative estimate of drug-likeness (QED) is 0.546. The van der Waals surface area contributed by atoms with E-state index in [0.29, 0.717) is 0 Å². The molecule has 5 heteroatoms. The molecule has 0 fully saturated rings. The lowest BCUT2D eigenvalue weighted by molar-refractivity contribution is 0.635. The van der Waals surface area contributed by atoms with Gasteiger partial charge in [0.15, 0.2) is 0 Å². The summed E-state index contributed by atoms with van der Waals surface area (Å²) < 4.78 is 0. The van der Waals surface area contributed by atoms with Crippen LogP contribution < -0.4 is 11.3 Å². The van der Waals surface area contributed by atoms with E-state index in [-0.39, 0.29) is 6.04 Å². The Labute approximate surface area is 110 Å². The van der Waals surface area contributed by atoms with Crippen LogP contribution in [0.4, 0.5) is 0 Å². The van der Waals surface area contributed by atoms with Crippen LogP contribution in [0.25, 0.3) is 11.0 Å². The summed E-state index contributed by atoms with van der Waals surface area (Å²) in [7, 11) is 0. The zero-order valence-electron chi connectivity index (χ0n) is 10.2. The molecule has 1 aromatic carbocycles. The Kier molecular flexibility index (Phi) is 3.14. The van der Waals surface area contributed by atoms with Crippen LogP contribution in [-0.2, 0) is 0 Å². The predicted octanol–water partition coefficient (Wildman–Crippen LogP) is 1.58. The summed E-state index contributed by atoms with van der Waals surface area (Å²) >= 11 is 0. The molecule has 2 aromatic heterocycles. The molecule has 1 unspecified atom stereocenters. The smallest absolute Gasteiger partial charge is 0.0890 e. The van der Waals surface area contributed by atoms with Crippen molar-refractivity contribution in [3.63, 3.8) is 0 Å². The van der Waals surface area contributed by atoms with Crippen LogP contribution in [0.15, 0.2) is 55.1 Å². The van der Waals surface area contributed by atoms with Crippen molar-refractivity contribution in [2.45, 2.75) is 6.04 Å². The Balaban J connectivity index is 2.06. The summed E-state index contributed by atoms with van der Waals surface area (Å²) in [6.07, 6.45) is 6.90. The minimum absolute atomic E-state index is 0.111. The Morgan fingerprint density at radius 3 is 2.53 bits per heavy atom. The molecule has 94 valence electrons. The Morgan fingerprint density at radius 2 is 1.79 bits per heavy atom. The second kappa shape index (κ2) is 5.09. The molecule has 2 heterocycles. The lowest BCUT2D eigenvalue weighted by atomic mass is 10.0. The van der Waals surface area contributed by atoms with Crippen molar-refractivity contribution < 1.29 is 0 Å². The van der Waals surface area contributed by atoms with Crippen LogP contribution >= 0.6 is 0 Å². The minimum Gasteiger partial charge on any atom is -0.271 e. The van der Waals surface area contributed by atoms with Crippen molar-refractivity contribution in [2.24, 2.45) is 5.84 Å². The number of nitrogens with one attached hydrogen (secondary N) is 1. The molecule has 0 aliphatic heterocycles. The molecule has 0 aliphatic rings. The maximum atomic E-state index is 5.67. The van der Waals surface area contributed by atoms with E-state index in [1.165, 1.54) is 0 Å². The summed E-state index contributed by atoms with van der Waals surface area (Å²) in [6.45, 7) is 0. The van der Waals surface area contributed by atoms with Gasteiger partial charge in [-0.05, 0) is 29.3 Å². The van der Waals surface area contributed by atoms with Crippen LogP contribution in [0.2, 0.25) is 0 Å². The van der Waals surface area contributed by atoms with E-state index in [9.17, 15) is 0 Å². The fraction of sp³-hybridized carbons (Fsp3) is 0.0714. The van der Waals surface area contributed by atoms with E-state index in [1.807, 2.05) is 30.3 Å². The van der Waals surface area contributed by atoms with Crippen molar-refractivity contribution in [2.75, 3.05) is 0 Å². The molecule has 0 aliphatic carbocycles. The van der Waals surface area contributed by atoms with Crippen molar-refractivity contribution in [3.8, 4) is 0 Å². The number of aromatic nitrogens is 3. The molecule has 3 N–H and O–H groups in total. The zero-order chi connectivity index (χ0) is 13.1. The molecule has 0 radical (unpaired) electrons. The van der Waals surface area contributed by atoms with Crippen molar-refractivity contribution in [1.82, 2.24) is 20.4 Å². The largest absolute Gasteiger partial charge is 0.271 e. The third-order valence-electron chi connectivity index (χ3n) is 3.01. The van der Waals surface area contributed by atoms with Crippen molar-refractivity contribution in [1.29, 1.82) is 0 Å². The lowest BCUT2D eigenvalue weighted by Crippen LogP contribution is -2.28. The molecular weight excluding hydrogens is 238 g/mol. The Morgan fingerprint density at radius 1 is 0.947 bits per heavy atom. The van der Waals surface area contributed by atoms with Crippen LogP contribution in [0.1, 0.15) is 17.2 Å². The first kappa shape index (κ1) is 11.7. The number of hydrazine groups is 1. The van der Waals surface area contributed by atoms with Crippen molar-refractivity contribution in [3.05, 3.63) is 66.2 Å². The third-order valence-corrected chi connectivity index (χ3v) is 3.01. The highest BCUT2D eigenvalue weighted by molar-refractivity contribution is 5.74. The molecule has 1 atom stereocenters. The molecule has 0 amide bonds. The maximum absolute atomic E-state index is 5.67. The summed E-state index contributed by atoms with van der Waals surface area (Å²) in [5.74, 6) is 5.67. The van der Waals surface area contributed by atoms with Gasteiger partial charge in [-0.2, -0.15) is 0 Å². The third kappa shape index (κ3) is 2.29. The first-order valence-corrected chi connectivity index (χ1v) is 5.95. The zero-order valence-corrected chi connectivity index (χ0v) is 10.2. The van der Waals surface area contributed by atoms with Gasteiger partial charge >= 0.3 is 0 Å². The lowest BCUT2D eigenvalue weighted by Gasteiger charge is -2.16. The number of fused-ring (bicyclic) bond motifs is 1. The molecule has 0 saturated heterocycles. The topological polar surface area (TPSA) is 76.7 Å². The van der Waals surface area contributed by atoms with Crippen LogP contribution in [0.3, 0.4) is 0 Å². The summed E-state index contributed by atoms with van der Waals surface area (Å²) in [5.41, 5.74) is 6.57. The number of hydrogen-bond acceptors (Lipinski definition) is 5. The first-order chi connectivity index (χ1) is 9.38. The maximum Gasteiger partial charge on any atom is 0.0890 e. The van der Waals surface area contributed by atoms with Gasteiger partial charge in [0.05, 0.1) is 17.1 Å². The highest BCUT2D eigenvalue weighted by Gasteiger charge is 2.13. The fourth-order valence-electron chi connectivity index (χ4n) is 2.09. The Bertz CT molecular complexity index is 683. The second-order valence-corrected chi connectivity index (χ2v) is 4.19. The number of nitrogens with two attached hydrogens (primary N) is 1. The van der Waals surface area contributed by atoms with Crippen LogP contribution in [0.5, 0.6) is 0 Å². The molecule has 19 heavy (non-hydrogen) atoms. The van der Waals surface area contributed by atoms with Gasteiger partial charge in [-0.15, -0.1) is 0 Å². The second-order valence-electron chi connectivity index (χ2n) is 4.19. The van der Waals surface area contributed by atoms with Gasteiger partial charge in [-0.3, -0.25) is 20.8 Å². The van der Waals surface area contributed by atoms with Gasteiger partial charge in [-0.1, -0.05) is 12.1 Å². The number of rotatable bonds is 3. The number of pyridine rings is 1. The van der Waals surface area contributed by atoms with E-state index in [1.54, 1.807) is 24.8 Å². The summed E-state index contributed by atoms with van der Waals surface area (Å²) in [4.78, 5) is 12.7. The number of hydrogen-bond donors (Lipinski definition) is 2. The van der Waals surface area contributed by atoms with E-state index < -0.39 is 0 Å². The average molecular weight is 251 g/mol. The fourth-order valence-corrected chi connectivity index (χ4v) is 2.09. The summed E-state index contributed by atoms with van der Waals surface area (Å²) in [5, 5.41) is 0. The summed E-state index contributed by atoms with van der Waals surface area (Å²) in [6, 6.07) is 9.69. The number of nitrogens with zero attached hydrogens (tertiary/aromatic N) is 3. The van der Waals surface area contributed by atoms with E-state index in [2.05, 4.69) is 20.4 Å². The SMILES string of the molecule is NNC(c1cccnc1)c1ccc2nccnc2c1. The molecule has 0 saturated carbocycles. The van der Waals surface area contributed by atoms with E-state index >= 15 is 0 Å². The van der Waals surface area contributed by atoms with E-state index in [4.69, 9.17) is 5.84 Å². The first-order valence-electron chi connectivity index (χ1n) is 5.95. The van der Waals surface area contributed by atoms with Crippen LogP contribution in [0, 0.1) is 0 Å². The van der Waals surface area contributed by atoms with Gasteiger partial charge < -0.3 is 0 Å². The molecule has 5 nitrogen and oxygen atoms in total. The normalized spacial score (nSPS) is 12.5. The van der Waals surface area contributed by atoms with Gasteiger partial charge in [-0.25, -0.2) is 5.43 Å². The standard InChI is InChI=1S/C14H13N5/c15-19-14(11-2-1-5-16-9-11)10-3-4-12-13(8-10)18-7-6-17-12/h1-9,14,19H,15H2.